The Kier molecular flexibility index (Phi) is 2.83. The Morgan fingerprint density at radius 3 is 2.43 bits per heavy atom. The minimum atomic E-state index is -4.75. The molecule has 0 N–H and O–H groups in total. The highest BCUT2D eigenvalue weighted by atomic mass is 19.4. The summed E-state index contributed by atoms with van der Waals surface area (Å²) in [5.74, 6) is -1.35. The molecule has 0 aliphatic rings. The van der Waals surface area contributed by atoms with E-state index in [1.807, 2.05) is 0 Å². The molecule has 0 aliphatic heterocycles. The molecule has 6 heteroatoms. The van der Waals surface area contributed by atoms with Gasteiger partial charge in [-0.1, -0.05) is 11.2 Å². The third-order valence-corrected chi connectivity index (χ3v) is 1.58. The van der Waals surface area contributed by atoms with Gasteiger partial charge in [0.15, 0.2) is 0 Å². The third-order valence-electron chi connectivity index (χ3n) is 1.58. The van der Waals surface area contributed by atoms with Crippen molar-refractivity contribution in [3.63, 3.8) is 0 Å². The van der Waals surface area contributed by atoms with Gasteiger partial charge in [-0.05, 0) is 17.7 Å². The fourth-order valence-corrected chi connectivity index (χ4v) is 0.963. The SMILES string of the molecule is O=NCc1ccc(F)c(C(F)(F)F)c1. The van der Waals surface area contributed by atoms with Crippen molar-refractivity contribution in [3.05, 3.63) is 40.1 Å². The summed E-state index contributed by atoms with van der Waals surface area (Å²) in [4.78, 5) is 9.80. The molecule has 0 bridgehead atoms. The van der Waals surface area contributed by atoms with Gasteiger partial charge in [0, 0.05) is 0 Å². The molecular weight excluding hydrogens is 202 g/mol. The zero-order valence-corrected chi connectivity index (χ0v) is 6.81. The maximum absolute atomic E-state index is 12.7. The highest BCUT2D eigenvalue weighted by Crippen LogP contribution is 2.31. The van der Waals surface area contributed by atoms with Crippen molar-refractivity contribution >= 4 is 0 Å². The van der Waals surface area contributed by atoms with Gasteiger partial charge in [0.1, 0.15) is 12.4 Å². The Morgan fingerprint density at radius 1 is 1.29 bits per heavy atom. The van der Waals surface area contributed by atoms with E-state index >= 15 is 0 Å². The normalized spacial score (nSPS) is 11.4. The number of halogens is 4. The summed E-state index contributed by atoms with van der Waals surface area (Å²) in [5.41, 5.74) is -1.34. The topological polar surface area (TPSA) is 29.4 Å². The molecule has 1 aromatic carbocycles. The van der Waals surface area contributed by atoms with Gasteiger partial charge in [-0.25, -0.2) is 4.39 Å². The highest BCUT2D eigenvalue weighted by molar-refractivity contribution is 5.27. The summed E-state index contributed by atoms with van der Waals surface area (Å²) >= 11 is 0. The Labute approximate surface area is 76.5 Å². The van der Waals surface area contributed by atoms with Crippen molar-refractivity contribution in [2.75, 3.05) is 0 Å². The first-order chi connectivity index (χ1) is 6.45. The molecule has 2 nitrogen and oxygen atoms in total. The van der Waals surface area contributed by atoms with Gasteiger partial charge in [0.2, 0.25) is 0 Å². The smallest absolute Gasteiger partial charge is 0.206 e. The third kappa shape index (κ3) is 2.27. The molecule has 0 aliphatic carbocycles. The van der Waals surface area contributed by atoms with Gasteiger partial charge >= 0.3 is 6.18 Å². The number of alkyl halides is 3. The first-order valence-electron chi connectivity index (χ1n) is 3.60. The van der Waals surface area contributed by atoms with Crippen LogP contribution in [0.2, 0.25) is 0 Å². The van der Waals surface area contributed by atoms with Crippen LogP contribution in [0.25, 0.3) is 0 Å². The van der Waals surface area contributed by atoms with E-state index in [1.165, 1.54) is 0 Å². The van der Waals surface area contributed by atoms with E-state index in [1.54, 1.807) is 0 Å². The zero-order valence-electron chi connectivity index (χ0n) is 6.81. The van der Waals surface area contributed by atoms with Crippen LogP contribution in [0.3, 0.4) is 0 Å². The van der Waals surface area contributed by atoms with Crippen LogP contribution >= 0.6 is 0 Å². The molecule has 0 heterocycles. The molecule has 0 amide bonds. The Balaban J connectivity index is 3.15. The molecular formula is C8H5F4NO. The number of benzene rings is 1. The van der Waals surface area contributed by atoms with Crippen molar-refractivity contribution in [1.29, 1.82) is 0 Å². The number of nitroso groups, excluding NO2 is 1. The molecule has 0 saturated carbocycles. The second-order valence-corrected chi connectivity index (χ2v) is 2.60. The average molecular weight is 207 g/mol. The molecule has 0 radical (unpaired) electrons. The van der Waals surface area contributed by atoms with E-state index in [9.17, 15) is 22.5 Å². The predicted octanol–water partition coefficient (Wildman–Crippen LogP) is 3.11. The molecule has 0 atom stereocenters. The minimum absolute atomic E-state index is 0.0359. The Bertz CT molecular complexity index is 348. The van der Waals surface area contributed by atoms with Crippen LogP contribution in [0, 0.1) is 10.7 Å². The van der Waals surface area contributed by atoms with E-state index in [0.717, 1.165) is 6.07 Å². The van der Waals surface area contributed by atoms with E-state index in [0.29, 0.717) is 12.1 Å². The number of hydrogen-bond donors (Lipinski definition) is 0. The highest BCUT2D eigenvalue weighted by Gasteiger charge is 2.34. The second kappa shape index (κ2) is 3.73. The Morgan fingerprint density at radius 2 is 1.93 bits per heavy atom. The average Bonchev–Trinajstić information content (AvgIpc) is 2.07. The van der Waals surface area contributed by atoms with Gasteiger partial charge in [0.05, 0.1) is 5.56 Å². The number of rotatable bonds is 2. The van der Waals surface area contributed by atoms with Crippen molar-refractivity contribution in [2.45, 2.75) is 12.7 Å². The number of nitrogens with zero attached hydrogens (tertiary/aromatic N) is 1. The number of hydrogen-bond acceptors (Lipinski definition) is 2. The Hall–Kier alpha value is -1.46. The van der Waals surface area contributed by atoms with Crippen molar-refractivity contribution in [3.8, 4) is 0 Å². The zero-order chi connectivity index (χ0) is 10.8. The van der Waals surface area contributed by atoms with Gasteiger partial charge in [-0.15, -0.1) is 0 Å². The molecule has 14 heavy (non-hydrogen) atoms. The largest absolute Gasteiger partial charge is 0.419 e. The van der Waals surface area contributed by atoms with Crippen LogP contribution in [0.5, 0.6) is 0 Å². The van der Waals surface area contributed by atoms with E-state index in [4.69, 9.17) is 0 Å². The predicted molar refractivity (Wildman–Crippen MR) is 40.9 cm³/mol. The maximum atomic E-state index is 12.7. The summed E-state index contributed by atoms with van der Waals surface area (Å²) in [6, 6.07) is 2.34. The van der Waals surface area contributed by atoms with Crippen molar-refractivity contribution in [1.82, 2.24) is 0 Å². The standard InChI is InChI=1S/C8H5F4NO/c9-7-2-1-5(4-13-14)3-6(7)8(10,11)12/h1-3H,4H2. The summed E-state index contributed by atoms with van der Waals surface area (Å²) in [5, 5.41) is 2.42. The fourth-order valence-electron chi connectivity index (χ4n) is 0.963. The van der Waals surface area contributed by atoms with Gasteiger partial charge in [-0.3, -0.25) is 0 Å². The van der Waals surface area contributed by atoms with Crippen molar-refractivity contribution in [2.24, 2.45) is 5.18 Å². The molecule has 76 valence electrons. The van der Waals surface area contributed by atoms with E-state index in [-0.39, 0.29) is 5.56 Å². The summed E-state index contributed by atoms with van der Waals surface area (Å²) in [6.45, 7) is -0.399. The lowest BCUT2D eigenvalue weighted by molar-refractivity contribution is -0.140. The van der Waals surface area contributed by atoms with Crippen LogP contribution in [0.1, 0.15) is 11.1 Å². The van der Waals surface area contributed by atoms with Gasteiger partial charge in [0.25, 0.3) is 0 Å². The van der Waals surface area contributed by atoms with Crippen LogP contribution < -0.4 is 0 Å². The monoisotopic (exact) mass is 207 g/mol. The molecule has 0 unspecified atom stereocenters. The fraction of sp³-hybridized carbons (Fsp3) is 0.250. The summed E-state index contributed by atoms with van der Waals surface area (Å²) < 4.78 is 49.0. The van der Waals surface area contributed by atoms with Gasteiger partial charge in [-0.2, -0.15) is 18.1 Å². The molecule has 0 fully saturated rings. The van der Waals surface area contributed by atoms with Crippen LogP contribution in [-0.2, 0) is 12.7 Å². The molecule has 0 saturated heterocycles. The van der Waals surface area contributed by atoms with E-state index < -0.39 is 24.1 Å². The first-order valence-corrected chi connectivity index (χ1v) is 3.60. The lowest BCUT2D eigenvalue weighted by atomic mass is 10.1. The summed E-state index contributed by atoms with van der Waals surface area (Å²) in [6.07, 6.45) is -4.75. The lowest BCUT2D eigenvalue weighted by Gasteiger charge is -2.08. The van der Waals surface area contributed by atoms with Crippen molar-refractivity contribution < 1.29 is 17.6 Å². The molecule has 0 aromatic heterocycles. The minimum Gasteiger partial charge on any atom is -0.206 e. The quantitative estimate of drug-likeness (QED) is 0.541. The van der Waals surface area contributed by atoms with Gasteiger partial charge < -0.3 is 0 Å². The van der Waals surface area contributed by atoms with E-state index in [2.05, 4.69) is 5.18 Å². The molecule has 1 aromatic rings. The molecule has 0 spiro atoms. The summed E-state index contributed by atoms with van der Waals surface area (Å²) in [7, 11) is 0. The lowest BCUT2D eigenvalue weighted by Crippen LogP contribution is -2.08. The van der Waals surface area contributed by atoms with Crippen LogP contribution in [0.15, 0.2) is 23.4 Å². The van der Waals surface area contributed by atoms with Crippen LogP contribution in [-0.4, -0.2) is 0 Å². The molecule has 1 rings (SSSR count). The maximum Gasteiger partial charge on any atom is 0.419 e. The first kappa shape index (κ1) is 10.6. The van der Waals surface area contributed by atoms with Crippen LogP contribution in [0.4, 0.5) is 17.6 Å². The second-order valence-electron chi connectivity index (χ2n) is 2.60.